The highest BCUT2D eigenvalue weighted by Gasteiger charge is 2.30. The number of hydrogen-bond acceptors (Lipinski definition) is 5. The topological polar surface area (TPSA) is 62.1 Å². The quantitative estimate of drug-likeness (QED) is 0.681. The second-order valence-electron chi connectivity index (χ2n) is 7.43. The zero-order valence-corrected chi connectivity index (χ0v) is 16.5. The Bertz CT molecular complexity index is 1060. The third kappa shape index (κ3) is 4.06. The van der Waals surface area contributed by atoms with Crippen molar-refractivity contribution < 1.29 is 13.9 Å². The number of piperidine rings is 1. The number of aliphatic hydroxyl groups is 1. The van der Waals surface area contributed by atoms with E-state index in [4.69, 9.17) is 16.6 Å². The molecule has 1 N–H and O–H groups in total. The highest BCUT2D eigenvalue weighted by atomic mass is 35.5. The van der Waals surface area contributed by atoms with E-state index in [0.29, 0.717) is 35.1 Å². The summed E-state index contributed by atoms with van der Waals surface area (Å²) in [5.74, 6) is -0.853. The summed E-state index contributed by atoms with van der Waals surface area (Å²) >= 11 is 6.33. The zero-order chi connectivity index (χ0) is 20.6. The molecule has 0 aliphatic carbocycles. The van der Waals surface area contributed by atoms with Gasteiger partial charge in [0.1, 0.15) is 23.1 Å². The molecule has 2 aromatic heterocycles. The van der Waals surface area contributed by atoms with Crippen LogP contribution in [0.1, 0.15) is 19.8 Å². The average Bonchev–Trinajstić information content (AvgIpc) is 2.67. The van der Waals surface area contributed by atoms with Crippen LogP contribution in [0.5, 0.6) is 0 Å². The fourth-order valence-electron chi connectivity index (χ4n) is 3.58. The van der Waals surface area contributed by atoms with Crippen molar-refractivity contribution in [3.63, 3.8) is 0 Å². The highest BCUT2D eigenvalue weighted by Crippen LogP contribution is 2.36. The van der Waals surface area contributed by atoms with E-state index < -0.39 is 17.2 Å². The van der Waals surface area contributed by atoms with Crippen LogP contribution >= 0.6 is 11.6 Å². The van der Waals surface area contributed by atoms with Gasteiger partial charge in [-0.15, -0.1) is 0 Å². The molecule has 3 heterocycles. The lowest BCUT2D eigenvalue weighted by molar-refractivity contribution is 0.0447. The number of halogens is 3. The molecule has 3 aromatic rings. The molecule has 0 bridgehead atoms. The smallest absolute Gasteiger partial charge is 0.147 e. The van der Waals surface area contributed by atoms with Gasteiger partial charge in [0.2, 0.25) is 0 Å². The largest absolute Gasteiger partial charge is 0.388 e. The fraction of sp³-hybridized carbons (Fsp3) is 0.286. The van der Waals surface area contributed by atoms with Crippen molar-refractivity contribution in [2.75, 3.05) is 18.0 Å². The summed E-state index contributed by atoms with van der Waals surface area (Å²) in [6.07, 6.45) is 6.10. The summed E-state index contributed by atoms with van der Waals surface area (Å²) < 4.78 is 27.9. The second-order valence-corrected chi connectivity index (χ2v) is 7.83. The molecule has 1 unspecified atom stereocenters. The van der Waals surface area contributed by atoms with E-state index >= 15 is 0 Å². The summed E-state index contributed by atoms with van der Waals surface area (Å²) in [4.78, 5) is 15.1. The van der Waals surface area contributed by atoms with Crippen LogP contribution in [-0.4, -0.2) is 38.7 Å². The first-order valence-corrected chi connectivity index (χ1v) is 9.61. The van der Waals surface area contributed by atoms with E-state index in [-0.39, 0.29) is 11.3 Å². The number of nitrogens with zero attached hydrogens (tertiary/aromatic N) is 4. The summed E-state index contributed by atoms with van der Waals surface area (Å²) in [6, 6.07) is 4.99. The third-order valence-corrected chi connectivity index (χ3v) is 5.27. The van der Waals surface area contributed by atoms with Crippen molar-refractivity contribution in [3.8, 4) is 22.5 Å². The third-order valence-electron chi connectivity index (χ3n) is 4.97. The van der Waals surface area contributed by atoms with Crippen LogP contribution in [0, 0.1) is 11.6 Å². The van der Waals surface area contributed by atoms with Crippen LogP contribution in [0.25, 0.3) is 22.5 Å². The number of aromatic nitrogens is 3. The Morgan fingerprint density at radius 2 is 1.97 bits per heavy atom. The maximum absolute atomic E-state index is 14.5. The molecule has 1 aromatic carbocycles. The van der Waals surface area contributed by atoms with Crippen molar-refractivity contribution in [3.05, 3.63) is 59.5 Å². The molecule has 1 aliphatic heterocycles. The van der Waals surface area contributed by atoms with Crippen molar-refractivity contribution in [1.29, 1.82) is 0 Å². The molecule has 1 saturated heterocycles. The van der Waals surface area contributed by atoms with Gasteiger partial charge in [-0.2, -0.15) is 0 Å². The van der Waals surface area contributed by atoms with Crippen LogP contribution < -0.4 is 4.90 Å². The van der Waals surface area contributed by atoms with Crippen molar-refractivity contribution in [2.45, 2.75) is 25.4 Å². The predicted molar refractivity (Wildman–Crippen MR) is 108 cm³/mol. The molecule has 0 spiro atoms. The Kier molecular flexibility index (Phi) is 5.19. The Balaban J connectivity index is 1.87. The van der Waals surface area contributed by atoms with Crippen molar-refractivity contribution >= 4 is 17.4 Å². The van der Waals surface area contributed by atoms with Gasteiger partial charge in [0, 0.05) is 42.7 Å². The van der Waals surface area contributed by atoms with Crippen LogP contribution in [0.3, 0.4) is 0 Å². The van der Waals surface area contributed by atoms with Gasteiger partial charge < -0.3 is 10.0 Å². The molecule has 0 amide bonds. The molecule has 8 heteroatoms. The molecule has 4 rings (SSSR count). The van der Waals surface area contributed by atoms with E-state index in [1.807, 2.05) is 4.90 Å². The molecule has 0 radical (unpaired) electrons. The van der Waals surface area contributed by atoms with E-state index in [1.54, 1.807) is 19.2 Å². The predicted octanol–water partition coefficient (Wildman–Crippen LogP) is 4.49. The van der Waals surface area contributed by atoms with Crippen LogP contribution in [0.4, 0.5) is 14.6 Å². The maximum Gasteiger partial charge on any atom is 0.147 e. The van der Waals surface area contributed by atoms with E-state index in [0.717, 1.165) is 19.0 Å². The lowest BCUT2D eigenvalue weighted by Gasteiger charge is -2.37. The minimum absolute atomic E-state index is 0.124. The molecule has 5 nitrogen and oxygen atoms in total. The number of hydrogen-bond donors (Lipinski definition) is 1. The molecule has 1 fully saturated rings. The lowest BCUT2D eigenvalue weighted by Crippen LogP contribution is -2.46. The van der Waals surface area contributed by atoms with Crippen molar-refractivity contribution in [1.82, 2.24) is 15.0 Å². The van der Waals surface area contributed by atoms with E-state index in [2.05, 4.69) is 9.97 Å². The Morgan fingerprint density at radius 1 is 1.14 bits per heavy atom. The average molecular weight is 417 g/mol. The Labute approximate surface area is 172 Å². The summed E-state index contributed by atoms with van der Waals surface area (Å²) in [7, 11) is 0. The first kappa shape index (κ1) is 19.7. The Morgan fingerprint density at radius 3 is 2.69 bits per heavy atom. The minimum Gasteiger partial charge on any atom is -0.388 e. The van der Waals surface area contributed by atoms with Gasteiger partial charge in [-0.3, -0.25) is 4.98 Å². The lowest BCUT2D eigenvalue weighted by atomic mass is 9.95. The highest BCUT2D eigenvalue weighted by molar-refractivity contribution is 6.33. The minimum atomic E-state index is -0.823. The fourth-order valence-corrected chi connectivity index (χ4v) is 3.79. The van der Waals surface area contributed by atoms with Gasteiger partial charge in [0.15, 0.2) is 0 Å². The summed E-state index contributed by atoms with van der Waals surface area (Å²) in [5, 5.41) is 10.8. The van der Waals surface area contributed by atoms with E-state index in [1.165, 1.54) is 24.5 Å². The molecule has 150 valence electrons. The molecular weight excluding hydrogens is 398 g/mol. The summed E-state index contributed by atoms with van der Waals surface area (Å²) in [5.41, 5.74) is 0.460. The van der Waals surface area contributed by atoms with Gasteiger partial charge in [0.25, 0.3) is 0 Å². The maximum atomic E-state index is 14.5. The summed E-state index contributed by atoms with van der Waals surface area (Å²) in [6.45, 7) is 2.92. The van der Waals surface area contributed by atoms with Gasteiger partial charge in [-0.1, -0.05) is 11.6 Å². The van der Waals surface area contributed by atoms with E-state index in [9.17, 15) is 13.9 Å². The van der Waals surface area contributed by atoms with Crippen LogP contribution in [0.15, 0.2) is 42.9 Å². The number of β-amino-alcohol motifs (C(OH)–C–C–N with tert-alkyl or cyclic N) is 1. The molecular formula is C21H19ClF2N4O. The van der Waals surface area contributed by atoms with Crippen LogP contribution in [-0.2, 0) is 0 Å². The number of rotatable bonds is 3. The first-order valence-electron chi connectivity index (χ1n) is 9.24. The Hall–Kier alpha value is -2.64. The molecule has 29 heavy (non-hydrogen) atoms. The van der Waals surface area contributed by atoms with Crippen LogP contribution in [0.2, 0.25) is 5.02 Å². The first-order chi connectivity index (χ1) is 13.8. The SMILES string of the molecule is CC1(O)CCCN(c2cnc(-c3ccc(F)cc3F)c(-c3ccncc3Cl)n2)C1. The number of anilines is 1. The second kappa shape index (κ2) is 7.65. The van der Waals surface area contributed by atoms with Gasteiger partial charge in [-0.05, 0) is 38.0 Å². The number of benzene rings is 1. The number of pyridine rings is 1. The van der Waals surface area contributed by atoms with Gasteiger partial charge in [0.05, 0.1) is 22.5 Å². The zero-order valence-electron chi connectivity index (χ0n) is 15.7. The normalized spacial score (nSPS) is 19.4. The van der Waals surface area contributed by atoms with Crippen molar-refractivity contribution in [2.24, 2.45) is 0 Å². The standard InChI is InChI=1S/C21H19ClF2N4O/c1-21(29)6-2-8-28(12-21)18-11-26-19(15-4-3-13(23)9-17(15)24)20(27-18)14-5-7-25-10-16(14)22/h3-5,7,9-11,29H,2,6,8,12H2,1H3. The molecule has 1 atom stereocenters. The van der Waals surface area contributed by atoms with Gasteiger partial charge in [-0.25, -0.2) is 18.7 Å². The monoisotopic (exact) mass is 416 g/mol. The molecule has 0 saturated carbocycles. The van der Waals surface area contributed by atoms with Gasteiger partial charge >= 0.3 is 0 Å². The molecule has 1 aliphatic rings.